The number of primary amides is 1. The monoisotopic (exact) mass is 329 g/mol. The number of carbonyl (C=O) groups is 2. The fourth-order valence-electron chi connectivity index (χ4n) is 4.10. The number of carbonyl (C=O) groups excluding carboxylic acids is 2. The van der Waals surface area contributed by atoms with Crippen LogP contribution in [0.5, 0.6) is 0 Å². The Bertz CT molecular complexity index is 621. The minimum Gasteiger partial charge on any atom is -0.368 e. The van der Waals surface area contributed by atoms with Gasteiger partial charge in [-0.2, -0.15) is 0 Å². The van der Waals surface area contributed by atoms with Crippen molar-refractivity contribution >= 4 is 11.8 Å². The molecule has 2 N–H and O–H groups in total. The largest absolute Gasteiger partial charge is 0.368 e. The van der Waals surface area contributed by atoms with Gasteiger partial charge in [-0.15, -0.1) is 0 Å². The number of piperidine rings is 2. The van der Waals surface area contributed by atoms with E-state index in [-0.39, 0.29) is 17.9 Å². The molecule has 2 heterocycles. The minimum absolute atomic E-state index is 0.0631. The smallest absolute Gasteiger partial charge is 0.237 e. The molecule has 24 heavy (non-hydrogen) atoms. The van der Waals surface area contributed by atoms with E-state index in [0.717, 1.165) is 38.9 Å². The molecule has 0 aromatic heterocycles. The van der Waals surface area contributed by atoms with Gasteiger partial charge in [0.2, 0.25) is 11.8 Å². The topological polar surface area (TPSA) is 66.6 Å². The normalized spacial score (nSPS) is 21.2. The highest BCUT2D eigenvalue weighted by atomic mass is 16.2. The Hall–Kier alpha value is -1.88. The number of nitrogens with zero attached hydrogens (tertiary/aromatic N) is 2. The molecule has 0 unspecified atom stereocenters. The molecule has 0 bridgehead atoms. The van der Waals surface area contributed by atoms with Crippen LogP contribution < -0.4 is 5.73 Å². The Morgan fingerprint density at radius 1 is 1.25 bits per heavy atom. The number of aryl methyl sites for hydroxylation is 1. The van der Waals surface area contributed by atoms with Crippen molar-refractivity contribution in [2.75, 3.05) is 26.2 Å². The number of benzene rings is 1. The second-order valence-corrected chi connectivity index (χ2v) is 7.48. The standard InChI is InChI=1S/C19H27N3O2/c1-15-3-2-4-16(11-15)12-21-9-7-19(8-10-21)6-5-18(24)22(14-19)13-17(20)23/h2-4,11H,5-10,12-14H2,1H3,(H2,20,23). The maximum Gasteiger partial charge on any atom is 0.237 e. The van der Waals surface area contributed by atoms with Gasteiger partial charge in [-0.05, 0) is 50.3 Å². The van der Waals surface area contributed by atoms with Gasteiger partial charge in [0, 0.05) is 19.5 Å². The van der Waals surface area contributed by atoms with E-state index in [2.05, 4.69) is 36.1 Å². The van der Waals surface area contributed by atoms with Crippen LogP contribution in [-0.4, -0.2) is 47.8 Å². The molecule has 3 rings (SSSR count). The Morgan fingerprint density at radius 2 is 2.00 bits per heavy atom. The second kappa shape index (κ2) is 6.93. The summed E-state index contributed by atoms with van der Waals surface area (Å²) in [6.45, 7) is 5.96. The molecule has 2 saturated heterocycles. The predicted octanol–water partition coefficient (Wildman–Crippen LogP) is 1.68. The van der Waals surface area contributed by atoms with Crippen LogP contribution >= 0.6 is 0 Å². The fourth-order valence-corrected chi connectivity index (χ4v) is 4.10. The van der Waals surface area contributed by atoms with Crippen molar-refractivity contribution < 1.29 is 9.59 Å². The van der Waals surface area contributed by atoms with Gasteiger partial charge >= 0.3 is 0 Å². The quantitative estimate of drug-likeness (QED) is 0.914. The summed E-state index contributed by atoms with van der Waals surface area (Å²) in [5.41, 5.74) is 8.12. The van der Waals surface area contributed by atoms with Crippen molar-refractivity contribution in [3.63, 3.8) is 0 Å². The summed E-state index contributed by atoms with van der Waals surface area (Å²) in [6, 6.07) is 8.68. The average molecular weight is 329 g/mol. The lowest BCUT2D eigenvalue weighted by Crippen LogP contribution is -2.53. The van der Waals surface area contributed by atoms with Crippen molar-refractivity contribution in [3.8, 4) is 0 Å². The lowest BCUT2D eigenvalue weighted by atomic mass is 9.72. The second-order valence-electron chi connectivity index (χ2n) is 7.48. The number of likely N-dealkylation sites (tertiary alicyclic amines) is 2. The predicted molar refractivity (Wildman–Crippen MR) is 93.1 cm³/mol. The first-order valence-electron chi connectivity index (χ1n) is 8.80. The number of hydrogen-bond donors (Lipinski definition) is 1. The Morgan fingerprint density at radius 3 is 2.67 bits per heavy atom. The molecule has 2 amide bonds. The zero-order chi connectivity index (χ0) is 17.2. The van der Waals surface area contributed by atoms with Crippen LogP contribution in [-0.2, 0) is 16.1 Å². The Labute approximate surface area is 143 Å². The molecule has 0 radical (unpaired) electrons. The van der Waals surface area contributed by atoms with E-state index in [0.29, 0.717) is 13.0 Å². The lowest BCUT2D eigenvalue weighted by Gasteiger charge is -2.47. The van der Waals surface area contributed by atoms with Crippen LogP contribution in [0.4, 0.5) is 0 Å². The van der Waals surface area contributed by atoms with Crippen LogP contribution in [0.15, 0.2) is 24.3 Å². The summed E-state index contributed by atoms with van der Waals surface area (Å²) >= 11 is 0. The van der Waals surface area contributed by atoms with Crippen LogP contribution in [0.2, 0.25) is 0 Å². The van der Waals surface area contributed by atoms with Gasteiger partial charge in [0.1, 0.15) is 0 Å². The van der Waals surface area contributed by atoms with E-state index in [4.69, 9.17) is 5.73 Å². The zero-order valence-corrected chi connectivity index (χ0v) is 14.5. The average Bonchev–Trinajstić information content (AvgIpc) is 2.53. The van der Waals surface area contributed by atoms with E-state index in [9.17, 15) is 9.59 Å². The molecular weight excluding hydrogens is 302 g/mol. The lowest BCUT2D eigenvalue weighted by molar-refractivity contribution is -0.142. The van der Waals surface area contributed by atoms with Crippen molar-refractivity contribution in [1.82, 2.24) is 9.80 Å². The van der Waals surface area contributed by atoms with E-state index in [1.54, 1.807) is 4.90 Å². The third kappa shape index (κ3) is 3.96. The number of amides is 2. The van der Waals surface area contributed by atoms with Gasteiger partial charge in [-0.1, -0.05) is 29.8 Å². The molecule has 1 aromatic carbocycles. The van der Waals surface area contributed by atoms with Crippen LogP contribution in [0.3, 0.4) is 0 Å². The third-order valence-electron chi connectivity index (χ3n) is 5.50. The first-order valence-corrected chi connectivity index (χ1v) is 8.80. The maximum atomic E-state index is 12.0. The molecule has 0 saturated carbocycles. The summed E-state index contributed by atoms with van der Waals surface area (Å²) in [5, 5.41) is 0. The van der Waals surface area contributed by atoms with Crippen LogP contribution in [0, 0.1) is 12.3 Å². The molecular formula is C19H27N3O2. The summed E-state index contributed by atoms with van der Waals surface area (Å²) in [6.07, 6.45) is 3.66. The maximum absolute atomic E-state index is 12.0. The van der Waals surface area contributed by atoms with Crippen molar-refractivity contribution in [3.05, 3.63) is 35.4 Å². The van der Waals surface area contributed by atoms with E-state index in [1.807, 2.05) is 0 Å². The highest BCUT2D eigenvalue weighted by molar-refractivity contribution is 5.84. The van der Waals surface area contributed by atoms with Crippen LogP contribution in [0.1, 0.15) is 36.8 Å². The molecule has 0 atom stereocenters. The van der Waals surface area contributed by atoms with Gasteiger partial charge in [0.05, 0.1) is 6.54 Å². The van der Waals surface area contributed by atoms with Gasteiger partial charge in [-0.3, -0.25) is 14.5 Å². The molecule has 1 spiro atoms. The van der Waals surface area contributed by atoms with Crippen molar-refractivity contribution in [1.29, 1.82) is 0 Å². The molecule has 5 heteroatoms. The minimum atomic E-state index is -0.419. The van der Waals surface area contributed by atoms with Crippen molar-refractivity contribution in [2.24, 2.45) is 11.1 Å². The Balaban J connectivity index is 1.57. The number of rotatable bonds is 4. The van der Waals surface area contributed by atoms with Crippen molar-refractivity contribution in [2.45, 2.75) is 39.2 Å². The molecule has 5 nitrogen and oxygen atoms in total. The summed E-state index contributed by atoms with van der Waals surface area (Å²) < 4.78 is 0. The SMILES string of the molecule is Cc1cccc(CN2CCC3(CCC(=O)N(CC(N)=O)C3)CC2)c1. The zero-order valence-electron chi connectivity index (χ0n) is 14.5. The first-order chi connectivity index (χ1) is 11.5. The van der Waals surface area contributed by atoms with Gasteiger partial charge in [-0.25, -0.2) is 0 Å². The van der Waals surface area contributed by atoms with Gasteiger partial charge in [0.15, 0.2) is 0 Å². The van der Waals surface area contributed by atoms with E-state index in [1.165, 1.54) is 11.1 Å². The van der Waals surface area contributed by atoms with Gasteiger partial charge in [0.25, 0.3) is 0 Å². The fraction of sp³-hybridized carbons (Fsp3) is 0.579. The van der Waals surface area contributed by atoms with E-state index >= 15 is 0 Å². The highest BCUT2D eigenvalue weighted by Crippen LogP contribution is 2.40. The first kappa shape index (κ1) is 17.0. The Kier molecular flexibility index (Phi) is 4.90. The molecule has 1 aromatic rings. The molecule has 130 valence electrons. The number of hydrogen-bond acceptors (Lipinski definition) is 3. The van der Waals surface area contributed by atoms with E-state index < -0.39 is 5.91 Å². The van der Waals surface area contributed by atoms with Crippen LogP contribution in [0.25, 0.3) is 0 Å². The summed E-state index contributed by atoms with van der Waals surface area (Å²) in [4.78, 5) is 27.4. The molecule has 0 aliphatic carbocycles. The third-order valence-corrected chi connectivity index (χ3v) is 5.50. The van der Waals surface area contributed by atoms with Gasteiger partial charge < -0.3 is 10.6 Å². The highest BCUT2D eigenvalue weighted by Gasteiger charge is 2.41. The molecule has 2 fully saturated rings. The molecule has 2 aliphatic rings. The number of nitrogens with two attached hydrogens (primary N) is 1. The summed E-state index contributed by atoms with van der Waals surface area (Å²) in [7, 11) is 0. The molecule has 2 aliphatic heterocycles. The summed E-state index contributed by atoms with van der Waals surface area (Å²) in [5.74, 6) is -0.348.